The Labute approximate surface area is 131 Å². The van der Waals surface area contributed by atoms with E-state index < -0.39 is 0 Å². The average Bonchev–Trinajstić information content (AvgIpc) is 2.95. The summed E-state index contributed by atoms with van der Waals surface area (Å²) >= 11 is 0. The number of hydrogen-bond acceptors (Lipinski definition) is 5. The van der Waals surface area contributed by atoms with Gasteiger partial charge in [-0.2, -0.15) is 0 Å². The van der Waals surface area contributed by atoms with Gasteiger partial charge in [-0.3, -0.25) is 4.79 Å². The largest absolute Gasteiger partial charge is 0.508 e. The maximum Gasteiger partial charge on any atom is 0.253 e. The highest BCUT2D eigenvalue weighted by atomic mass is 16.5. The summed E-state index contributed by atoms with van der Waals surface area (Å²) < 4.78 is 5.06. The van der Waals surface area contributed by atoms with Gasteiger partial charge in [0.15, 0.2) is 0 Å². The molecule has 0 aromatic heterocycles. The Morgan fingerprint density at radius 3 is 3.14 bits per heavy atom. The van der Waals surface area contributed by atoms with Gasteiger partial charge in [-0.1, -0.05) is 0 Å². The van der Waals surface area contributed by atoms with Crippen LogP contribution in [0.15, 0.2) is 18.2 Å². The lowest BCUT2D eigenvalue weighted by Crippen LogP contribution is -2.31. The molecule has 1 aliphatic rings. The number of nitrogens with two attached hydrogens (primary N) is 1. The van der Waals surface area contributed by atoms with Crippen molar-refractivity contribution in [2.24, 2.45) is 5.92 Å². The molecule has 1 atom stereocenters. The number of nitrogens with one attached hydrogen (secondary N) is 1. The van der Waals surface area contributed by atoms with Gasteiger partial charge >= 0.3 is 0 Å². The molecular weight excluding hydrogens is 282 g/mol. The second kappa shape index (κ2) is 8.00. The maximum atomic E-state index is 12.1. The quantitative estimate of drug-likeness (QED) is 0.398. The molecule has 22 heavy (non-hydrogen) atoms. The summed E-state index contributed by atoms with van der Waals surface area (Å²) in [5, 5.41) is 12.4. The van der Waals surface area contributed by atoms with Crippen LogP contribution in [0.1, 0.15) is 23.2 Å². The van der Waals surface area contributed by atoms with Gasteiger partial charge in [-0.25, -0.2) is 0 Å². The monoisotopic (exact) mass is 307 g/mol. The van der Waals surface area contributed by atoms with Crippen molar-refractivity contribution < 1.29 is 14.6 Å². The van der Waals surface area contributed by atoms with E-state index in [1.807, 2.05) is 0 Å². The Morgan fingerprint density at radius 1 is 1.55 bits per heavy atom. The average molecular weight is 307 g/mol. The number of phenolic OH excluding ortho intramolecular Hbond substituents is 1. The molecule has 1 aliphatic heterocycles. The van der Waals surface area contributed by atoms with E-state index in [1.54, 1.807) is 7.11 Å². The summed E-state index contributed by atoms with van der Waals surface area (Å²) in [7, 11) is 1.72. The van der Waals surface area contributed by atoms with Gasteiger partial charge in [0.05, 0.1) is 5.56 Å². The van der Waals surface area contributed by atoms with E-state index in [0.717, 1.165) is 39.1 Å². The number of carbonyl (C=O) groups is 1. The first kappa shape index (κ1) is 16.6. The molecule has 0 saturated carbocycles. The maximum absolute atomic E-state index is 12.1. The van der Waals surface area contributed by atoms with Gasteiger partial charge in [0.25, 0.3) is 5.91 Å². The van der Waals surface area contributed by atoms with Crippen molar-refractivity contribution >= 4 is 11.6 Å². The van der Waals surface area contributed by atoms with E-state index in [4.69, 9.17) is 10.5 Å². The van der Waals surface area contributed by atoms with E-state index in [1.165, 1.54) is 18.2 Å². The second-order valence-electron chi connectivity index (χ2n) is 5.78. The van der Waals surface area contributed by atoms with Crippen LogP contribution in [0, 0.1) is 5.92 Å². The number of rotatable bonds is 7. The molecule has 0 unspecified atom stereocenters. The first-order valence-corrected chi connectivity index (χ1v) is 7.68. The summed E-state index contributed by atoms with van der Waals surface area (Å²) in [6, 6.07) is 4.41. The molecule has 122 valence electrons. The lowest BCUT2D eigenvalue weighted by Gasteiger charge is -2.16. The van der Waals surface area contributed by atoms with Crippen molar-refractivity contribution in [2.45, 2.75) is 12.8 Å². The fraction of sp³-hybridized carbons (Fsp3) is 0.562. The summed E-state index contributed by atoms with van der Waals surface area (Å²) in [5.74, 6) is 0.279. The molecule has 6 heteroatoms. The summed E-state index contributed by atoms with van der Waals surface area (Å²) in [6.07, 6.45) is 2.12. The Balaban J connectivity index is 1.76. The topological polar surface area (TPSA) is 87.8 Å². The fourth-order valence-electron chi connectivity index (χ4n) is 2.79. The highest BCUT2D eigenvalue weighted by Gasteiger charge is 2.22. The van der Waals surface area contributed by atoms with E-state index in [-0.39, 0.29) is 11.7 Å². The van der Waals surface area contributed by atoms with Gasteiger partial charge in [0.2, 0.25) is 0 Å². The van der Waals surface area contributed by atoms with Crippen molar-refractivity contribution in [3.05, 3.63) is 23.8 Å². The molecule has 1 amide bonds. The highest BCUT2D eigenvalue weighted by Crippen LogP contribution is 2.19. The normalized spacial score (nSPS) is 18.5. The predicted octanol–water partition coefficient (Wildman–Crippen LogP) is 1.06. The Morgan fingerprint density at radius 2 is 2.36 bits per heavy atom. The molecule has 2 rings (SSSR count). The van der Waals surface area contributed by atoms with Crippen LogP contribution in [0.25, 0.3) is 0 Å². The Kier molecular flexibility index (Phi) is 6.03. The van der Waals surface area contributed by atoms with Gasteiger partial charge in [-0.15, -0.1) is 0 Å². The number of carbonyl (C=O) groups excluding carboxylic acids is 1. The first-order chi connectivity index (χ1) is 10.6. The first-order valence-electron chi connectivity index (χ1n) is 7.68. The third-order valence-electron chi connectivity index (χ3n) is 4.03. The van der Waals surface area contributed by atoms with Crippen LogP contribution in [-0.4, -0.2) is 55.8 Å². The number of aromatic hydroxyl groups is 1. The van der Waals surface area contributed by atoms with Crippen LogP contribution in [0.3, 0.4) is 0 Å². The number of methoxy groups -OCH3 is 1. The minimum Gasteiger partial charge on any atom is -0.508 e. The molecule has 0 spiro atoms. The molecule has 1 aromatic carbocycles. The van der Waals surface area contributed by atoms with E-state index in [9.17, 15) is 9.90 Å². The number of nitrogens with zero attached hydrogens (tertiary/aromatic N) is 1. The van der Waals surface area contributed by atoms with Crippen molar-refractivity contribution in [3.63, 3.8) is 0 Å². The molecule has 4 N–H and O–H groups in total. The summed E-state index contributed by atoms with van der Waals surface area (Å²) in [5.41, 5.74) is 6.48. The molecule has 0 bridgehead atoms. The second-order valence-corrected chi connectivity index (χ2v) is 5.78. The van der Waals surface area contributed by atoms with Crippen LogP contribution in [-0.2, 0) is 4.74 Å². The minimum atomic E-state index is -0.230. The van der Waals surface area contributed by atoms with Gasteiger partial charge in [0, 0.05) is 39.0 Å². The van der Waals surface area contributed by atoms with E-state index in [0.29, 0.717) is 23.7 Å². The third-order valence-corrected chi connectivity index (χ3v) is 4.03. The number of likely N-dealkylation sites (tertiary alicyclic amines) is 1. The summed E-state index contributed by atoms with van der Waals surface area (Å²) in [6.45, 7) is 4.53. The number of nitrogen functional groups attached to an aromatic ring is 1. The number of benzene rings is 1. The molecule has 6 nitrogen and oxygen atoms in total. The smallest absolute Gasteiger partial charge is 0.253 e. The predicted molar refractivity (Wildman–Crippen MR) is 85.9 cm³/mol. The van der Waals surface area contributed by atoms with Gasteiger partial charge in [0.1, 0.15) is 5.75 Å². The Hall–Kier alpha value is -1.79. The molecular formula is C16H25N3O3. The van der Waals surface area contributed by atoms with Crippen LogP contribution in [0.4, 0.5) is 5.69 Å². The molecule has 1 saturated heterocycles. The summed E-state index contributed by atoms with van der Waals surface area (Å²) in [4.78, 5) is 14.5. The van der Waals surface area contributed by atoms with Crippen molar-refractivity contribution in [1.82, 2.24) is 10.2 Å². The van der Waals surface area contributed by atoms with Crippen LogP contribution < -0.4 is 11.1 Å². The van der Waals surface area contributed by atoms with Crippen molar-refractivity contribution in [2.75, 3.05) is 45.6 Å². The van der Waals surface area contributed by atoms with Crippen LogP contribution in [0.5, 0.6) is 5.75 Å². The Bertz CT molecular complexity index is 507. The lowest BCUT2D eigenvalue weighted by molar-refractivity contribution is 0.0948. The fourth-order valence-corrected chi connectivity index (χ4v) is 2.79. The molecule has 0 aliphatic carbocycles. The highest BCUT2D eigenvalue weighted by molar-refractivity contribution is 5.99. The van der Waals surface area contributed by atoms with Crippen LogP contribution in [0.2, 0.25) is 0 Å². The third kappa shape index (κ3) is 4.61. The number of hydrogen-bond donors (Lipinski definition) is 3. The zero-order chi connectivity index (χ0) is 15.9. The van der Waals surface area contributed by atoms with Crippen molar-refractivity contribution in [1.29, 1.82) is 0 Å². The van der Waals surface area contributed by atoms with Crippen LogP contribution >= 0.6 is 0 Å². The molecule has 0 radical (unpaired) electrons. The van der Waals surface area contributed by atoms with Crippen molar-refractivity contribution in [3.8, 4) is 5.75 Å². The molecule has 1 heterocycles. The number of ether oxygens (including phenoxy) is 1. The molecule has 1 aromatic rings. The zero-order valence-electron chi connectivity index (χ0n) is 13.0. The number of phenols is 1. The van der Waals surface area contributed by atoms with E-state index >= 15 is 0 Å². The number of anilines is 1. The molecule has 1 fully saturated rings. The lowest BCUT2D eigenvalue weighted by atomic mass is 10.1. The standard InChI is InChI=1S/C16H25N3O3/c1-22-8-2-6-19-7-5-12(11-19)10-18-16(21)14-9-13(20)3-4-15(14)17/h3-4,9,12,20H,2,5-8,10-11,17H2,1H3,(H,18,21)/t12-/m0/s1. The van der Waals surface area contributed by atoms with E-state index in [2.05, 4.69) is 10.2 Å². The minimum absolute atomic E-state index is 0.0459. The van der Waals surface area contributed by atoms with Gasteiger partial charge < -0.3 is 25.8 Å². The number of amides is 1. The SMILES string of the molecule is COCCCN1CC[C@@H](CNC(=O)c2cc(O)ccc2N)C1. The zero-order valence-corrected chi connectivity index (χ0v) is 13.0. The van der Waals surface area contributed by atoms with Gasteiger partial charge in [-0.05, 0) is 43.5 Å².